The van der Waals surface area contributed by atoms with Gasteiger partial charge in [-0.05, 0) is 18.2 Å². The van der Waals surface area contributed by atoms with Gasteiger partial charge < -0.3 is 19.5 Å². The lowest BCUT2D eigenvalue weighted by molar-refractivity contribution is 0.346. The average Bonchev–Trinajstić information content (AvgIpc) is 2.64. The van der Waals surface area contributed by atoms with Gasteiger partial charge in [-0.3, -0.25) is 0 Å². The summed E-state index contributed by atoms with van der Waals surface area (Å²) in [5, 5.41) is 7.86. The normalized spacial score (nSPS) is 17.8. The maximum absolute atomic E-state index is 12.8. The Labute approximate surface area is 173 Å². The third-order valence-electron chi connectivity index (χ3n) is 4.25. The van der Waals surface area contributed by atoms with Crippen molar-refractivity contribution in [3.63, 3.8) is 0 Å². The summed E-state index contributed by atoms with van der Waals surface area (Å²) in [4.78, 5) is -0.797. The van der Waals surface area contributed by atoms with E-state index in [0.29, 0.717) is 22.8 Å². The van der Waals surface area contributed by atoms with Gasteiger partial charge >= 0.3 is 0 Å². The van der Waals surface area contributed by atoms with Crippen molar-refractivity contribution < 1.29 is 31.0 Å². The molecule has 29 heavy (non-hydrogen) atoms. The molecule has 0 spiro atoms. The standard InChI is InChI=1S/C16H18ClN3O7S2/c1-25-11-6-13(27-3)12(26-2)4-8(11)16-19-10-5-9(17)14(28(18,21)22)7-15(10)29(23,24)20-16/h4-7,16,19-20H,1-3H3,(H2,18,21,22). The van der Waals surface area contributed by atoms with Crippen molar-refractivity contribution in [2.24, 2.45) is 5.14 Å². The number of hydrogen-bond donors (Lipinski definition) is 3. The molecule has 13 heteroatoms. The number of nitrogens with two attached hydrogens (primary N) is 1. The zero-order valence-corrected chi connectivity index (χ0v) is 17.9. The lowest BCUT2D eigenvalue weighted by atomic mass is 10.1. The fourth-order valence-electron chi connectivity index (χ4n) is 2.91. The molecule has 0 aliphatic carbocycles. The van der Waals surface area contributed by atoms with E-state index >= 15 is 0 Å². The molecule has 0 saturated heterocycles. The zero-order valence-electron chi connectivity index (χ0n) is 15.5. The average molecular weight is 464 g/mol. The molecule has 1 heterocycles. The second-order valence-electron chi connectivity index (χ2n) is 5.97. The van der Waals surface area contributed by atoms with Crippen LogP contribution in [0.4, 0.5) is 5.69 Å². The molecule has 0 fully saturated rings. The largest absolute Gasteiger partial charge is 0.496 e. The van der Waals surface area contributed by atoms with Crippen molar-refractivity contribution in [3.05, 3.63) is 34.9 Å². The molecular weight excluding hydrogens is 446 g/mol. The summed E-state index contributed by atoms with van der Waals surface area (Å²) in [5.74, 6) is 1.09. The topological polar surface area (TPSA) is 146 Å². The Bertz CT molecular complexity index is 1180. The van der Waals surface area contributed by atoms with E-state index in [9.17, 15) is 16.8 Å². The number of benzene rings is 2. The Kier molecular flexibility index (Phi) is 5.58. The molecule has 2 aromatic carbocycles. The molecule has 0 bridgehead atoms. The minimum Gasteiger partial charge on any atom is -0.496 e. The van der Waals surface area contributed by atoms with E-state index in [2.05, 4.69) is 10.0 Å². The maximum Gasteiger partial charge on any atom is 0.244 e. The van der Waals surface area contributed by atoms with Crippen molar-refractivity contribution in [1.29, 1.82) is 0 Å². The Morgan fingerprint density at radius 3 is 2.14 bits per heavy atom. The lowest BCUT2D eigenvalue weighted by Gasteiger charge is -2.30. The highest BCUT2D eigenvalue weighted by Crippen LogP contribution is 2.41. The van der Waals surface area contributed by atoms with Crippen LogP contribution in [0.1, 0.15) is 11.7 Å². The van der Waals surface area contributed by atoms with E-state index in [1.807, 2.05) is 0 Å². The van der Waals surface area contributed by atoms with Crippen LogP contribution in [0.25, 0.3) is 0 Å². The number of hydrogen-bond acceptors (Lipinski definition) is 8. The minimum absolute atomic E-state index is 0.1000. The third-order valence-corrected chi connectivity index (χ3v) is 7.09. The molecule has 158 valence electrons. The van der Waals surface area contributed by atoms with Crippen molar-refractivity contribution in [2.75, 3.05) is 26.6 Å². The van der Waals surface area contributed by atoms with Crippen LogP contribution >= 0.6 is 11.6 Å². The summed E-state index contributed by atoms with van der Waals surface area (Å²) in [6.07, 6.45) is -0.960. The van der Waals surface area contributed by atoms with Crippen LogP contribution in [0.2, 0.25) is 5.02 Å². The fourth-order valence-corrected chi connectivity index (χ4v) is 5.39. The summed E-state index contributed by atoms with van der Waals surface area (Å²) in [6.45, 7) is 0. The van der Waals surface area contributed by atoms with Gasteiger partial charge in [-0.15, -0.1) is 0 Å². The summed E-state index contributed by atoms with van der Waals surface area (Å²) in [5.41, 5.74) is 0.508. The molecular formula is C16H18ClN3O7S2. The number of nitrogens with one attached hydrogen (secondary N) is 2. The molecule has 2 aromatic rings. The Balaban J connectivity index is 2.16. The molecule has 0 amide bonds. The summed E-state index contributed by atoms with van der Waals surface area (Å²) in [7, 11) is -4.01. The van der Waals surface area contributed by atoms with Crippen molar-refractivity contribution in [2.45, 2.75) is 16.0 Å². The predicted octanol–water partition coefficient (Wildman–Crippen LogP) is 1.42. The van der Waals surface area contributed by atoms with Crippen LogP contribution in [-0.2, 0) is 20.0 Å². The lowest BCUT2D eigenvalue weighted by Crippen LogP contribution is -2.38. The highest BCUT2D eigenvalue weighted by molar-refractivity contribution is 7.90. The van der Waals surface area contributed by atoms with Crippen molar-refractivity contribution in [1.82, 2.24) is 4.72 Å². The summed E-state index contributed by atoms with van der Waals surface area (Å²) >= 11 is 6.00. The summed E-state index contributed by atoms with van der Waals surface area (Å²) < 4.78 is 67.2. The monoisotopic (exact) mass is 463 g/mol. The van der Waals surface area contributed by atoms with Crippen LogP contribution in [0, 0.1) is 0 Å². The molecule has 0 aromatic heterocycles. The number of methoxy groups -OCH3 is 3. The van der Waals surface area contributed by atoms with Crippen LogP contribution in [0.5, 0.6) is 17.2 Å². The quantitative estimate of drug-likeness (QED) is 0.603. The first-order valence-electron chi connectivity index (χ1n) is 7.97. The molecule has 1 aliphatic heterocycles. The van der Waals surface area contributed by atoms with Crippen LogP contribution in [0.3, 0.4) is 0 Å². The van der Waals surface area contributed by atoms with Gasteiger partial charge in [0, 0.05) is 11.6 Å². The minimum atomic E-state index is -4.21. The number of fused-ring (bicyclic) bond motifs is 1. The van der Waals surface area contributed by atoms with Gasteiger partial charge in [0.2, 0.25) is 20.0 Å². The zero-order chi connectivity index (χ0) is 21.6. The van der Waals surface area contributed by atoms with E-state index in [-0.39, 0.29) is 15.6 Å². The van der Waals surface area contributed by atoms with Gasteiger partial charge in [-0.2, -0.15) is 4.72 Å². The number of rotatable bonds is 5. The summed E-state index contributed by atoms with van der Waals surface area (Å²) in [6, 6.07) is 5.21. The number of sulfonamides is 2. The number of ether oxygens (including phenoxy) is 3. The fraction of sp³-hybridized carbons (Fsp3) is 0.250. The number of primary sulfonamides is 1. The molecule has 1 unspecified atom stereocenters. The Morgan fingerprint density at radius 2 is 1.59 bits per heavy atom. The molecule has 1 aliphatic rings. The van der Waals surface area contributed by atoms with Gasteiger partial charge in [-0.1, -0.05) is 11.6 Å². The molecule has 0 saturated carbocycles. The molecule has 4 N–H and O–H groups in total. The van der Waals surface area contributed by atoms with Gasteiger partial charge in [0.05, 0.1) is 32.0 Å². The van der Waals surface area contributed by atoms with E-state index in [0.717, 1.165) is 6.07 Å². The van der Waals surface area contributed by atoms with Gasteiger partial charge in [0.25, 0.3) is 0 Å². The number of anilines is 1. The van der Waals surface area contributed by atoms with Gasteiger partial charge in [0.1, 0.15) is 21.7 Å². The first-order valence-corrected chi connectivity index (χ1v) is 11.4. The Hall–Kier alpha value is -2.25. The van der Waals surface area contributed by atoms with E-state index < -0.39 is 31.1 Å². The van der Waals surface area contributed by atoms with Crippen molar-refractivity contribution in [3.8, 4) is 17.2 Å². The van der Waals surface area contributed by atoms with Crippen LogP contribution in [0.15, 0.2) is 34.1 Å². The Morgan fingerprint density at radius 1 is 1.00 bits per heavy atom. The number of halogens is 1. The SMILES string of the molecule is COc1cc(OC)c(C2Nc3cc(Cl)c(S(N)(=O)=O)cc3S(=O)(=O)N2)cc1OC. The maximum atomic E-state index is 12.8. The first-order chi connectivity index (χ1) is 13.5. The predicted molar refractivity (Wildman–Crippen MR) is 106 cm³/mol. The van der Waals surface area contributed by atoms with E-state index in [4.69, 9.17) is 31.0 Å². The van der Waals surface area contributed by atoms with E-state index in [1.165, 1.54) is 27.4 Å². The highest BCUT2D eigenvalue weighted by Gasteiger charge is 2.34. The van der Waals surface area contributed by atoms with Crippen LogP contribution < -0.4 is 29.4 Å². The second-order valence-corrected chi connectivity index (χ2v) is 9.59. The molecule has 10 nitrogen and oxygen atoms in total. The van der Waals surface area contributed by atoms with Gasteiger partial charge in [0.15, 0.2) is 11.5 Å². The third kappa shape index (κ3) is 3.94. The molecule has 3 rings (SSSR count). The van der Waals surface area contributed by atoms with Crippen LogP contribution in [-0.4, -0.2) is 38.2 Å². The highest BCUT2D eigenvalue weighted by atomic mass is 35.5. The molecule has 0 radical (unpaired) electrons. The smallest absolute Gasteiger partial charge is 0.244 e. The first kappa shape index (κ1) is 21.5. The molecule has 1 atom stereocenters. The second kappa shape index (κ2) is 7.54. The van der Waals surface area contributed by atoms with Gasteiger partial charge in [-0.25, -0.2) is 22.0 Å². The van der Waals surface area contributed by atoms with Crippen molar-refractivity contribution >= 4 is 37.3 Å². The van der Waals surface area contributed by atoms with E-state index in [1.54, 1.807) is 12.1 Å².